The number of Topliss-reactive ketones (excluding diaryl/α,β-unsaturated/α-hetero) is 1. The zero-order chi connectivity index (χ0) is 10.6. The molecule has 82 valence electrons. The third-order valence-electron chi connectivity index (χ3n) is 2.39. The molecule has 14 heavy (non-hydrogen) atoms. The van der Waals surface area contributed by atoms with Crippen molar-refractivity contribution in [2.75, 3.05) is 6.61 Å². The van der Waals surface area contributed by atoms with Crippen molar-refractivity contribution in [3.05, 3.63) is 0 Å². The first-order valence-electron chi connectivity index (χ1n) is 5.39. The van der Waals surface area contributed by atoms with Gasteiger partial charge >= 0.3 is 0 Å². The van der Waals surface area contributed by atoms with Gasteiger partial charge in [0.05, 0.1) is 6.61 Å². The van der Waals surface area contributed by atoms with Crippen LogP contribution in [0, 0.1) is 0 Å². The molecule has 1 fully saturated rings. The molecule has 0 aromatic heterocycles. The quantitative estimate of drug-likeness (QED) is 0.639. The highest BCUT2D eigenvalue weighted by Gasteiger charge is 2.36. The van der Waals surface area contributed by atoms with Crippen molar-refractivity contribution >= 4 is 5.78 Å². The van der Waals surface area contributed by atoms with Crippen LogP contribution in [0.25, 0.3) is 0 Å². The van der Waals surface area contributed by atoms with Crippen molar-refractivity contribution in [3.8, 4) is 0 Å². The normalized spacial score (nSPS) is 25.2. The minimum absolute atomic E-state index is 0.184. The summed E-state index contributed by atoms with van der Waals surface area (Å²) in [7, 11) is 0. The van der Waals surface area contributed by atoms with Crippen LogP contribution < -0.4 is 0 Å². The number of hydrogen-bond acceptors (Lipinski definition) is 3. The predicted molar refractivity (Wildman–Crippen MR) is 54.1 cm³/mol. The Morgan fingerprint density at radius 1 is 1.43 bits per heavy atom. The Hall–Kier alpha value is -0.410. The fraction of sp³-hybridized carbons (Fsp3) is 0.909. The molecule has 0 radical (unpaired) electrons. The van der Waals surface area contributed by atoms with E-state index in [4.69, 9.17) is 9.47 Å². The van der Waals surface area contributed by atoms with Gasteiger partial charge in [-0.2, -0.15) is 0 Å². The molecule has 0 spiro atoms. The van der Waals surface area contributed by atoms with Crippen LogP contribution in [0.4, 0.5) is 0 Å². The van der Waals surface area contributed by atoms with E-state index in [1.807, 2.05) is 13.8 Å². The van der Waals surface area contributed by atoms with Crippen molar-refractivity contribution < 1.29 is 14.3 Å². The van der Waals surface area contributed by atoms with E-state index in [-0.39, 0.29) is 11.9 Å². The molecule has 3 nitrogen and oxygen atoms in total. The fourth-order valence-electron chi connectivity index (χ4n) is 1.56. The van der Waals surface area contributed by atoms with Gasteiger partial charge in [0.1, 0.15) is 6.10 Å². The van der Waals surface area contributed by atoms with Crippen LogP contribution in [0.3, 0.4) is 0 Å². The smallest absolute Gasteiger partial charge is 0.164 e. The lowest BCUT2D eigenvalue weighted by molar-refractivity contribution is -0.152. The van der Waals surface area contributed by atoms with E-state index in [2.05, 4.69) is 6.92 Å². The summed E-state index contributed by atoms with van der Waals surface area (Å²) in [5, 5.41) is 0. The Morgan fingerprint density at radius 3 is 2.64 bits per heavy atom. The molecule has 3 heteroatoms. The summed E-state index contributed by atoms with van der Waals surface area (Å²) in [6, 6.07) is 0. The highest BCUT2D eigenvalue weighted by atomic mass is 16.7. The molecule has 1 heterocycles. The molecule has 0 bridgehead atoms. The lowest BCUT2D eigenvalue weighted by Gasteiger charge is -2.16. The summed E-state index contributed by atoms with van der Waals surface area (Å²) < 4.78 is 10.8. The van der Waals surface area contributed by atoms with Gasteiger partial charge in [0.25, 0.3) is 0 Å². The monoisotopic (exact) mass is 200 g/mol. The minimum atomic E-state index is -0.578. The van der Waals surface area contributed by atoms with Crippen LogP contribution in [0.15, 0.2) is 0 Å². The van der Waals surface area contributed by atoms with E-state index in [9.17, 15) is 4.79 Å². The minimum Gasteiger partial charge on any atom is -0.347 e. The molecule has 0 aromatic rings. The molecule has 1 atom stereocenters. The van der Waals surface area contributed by atoms with Gasteiger partial charge in [-0.25, -0.2) is 0 Å². The Balaban J connectivity index is 2.25. The molecule has 0 saturated carbocycles. The molecule has 1 aliphatic rings. The fourth-order valence-corrected chi connectivity index (χ4v) is 1.56. The maximum atomic E-state index is 11.6. The summed E-state index contributed by atoms with van der Waals surface area (Å²) in [5.74, 6) is -0.394. The predicted octanol–water partition coefficient (Wildman–Crippen LogP) is 2.29. The van der Waals surface area contributed by atoms with E-state index < -0.39 is 5.79 Å². The highest BCUT2D eigenvalue weighted by Crippen LogP contribution is 2.23. The third-order valence-corrected chi connectivity index (χ3v) is 2.39. The summed E-state index contributed by atoms with van der Waals surface area (Å²) in [4.78, 5) is 11.6. The van der Waals surface area contributed by atoms with Crippen molar-refractivity contribution in [2.45, 2.75) is 58.3 Å². The average Bonchev–Trinajstić information content (AvgIpc) is 2.46. The second-order valence-electron chi connectivity index (χ2n) is 4.24. The van der Waals surface area contributed by atoms with Gasteiger partial charge in [0.15, 0.2) is 11.6 Å². The number of ketones is 1. The average molecular weight is 200 g/mol. The standard InChI is InChI=1S/C11H20O3/c1-4-5-6-7-9(12)10-8-13-11(2,3)14-10/h10H,4-8H2,1-3H3. The Bertz CT molecular complexity index is 199. The molecular formula is C11H20O3. The molecule has 1 rings (SSSR count). The summed E-state index contributed by atoms with van der Waals surface area (Å²) in [6.45, 7) is 6.22. The van der Waals surface area contributed by atoms with E-state index in [1.165, 1.54) is 0 Å². The van der Waals surface area contributed by atoms with Crippen LogP contribution in [-0.2, 0) is 14.3 Å². The topological polar surface area (TPSA) is 35.5 Å². The number of unbranched alkanes of at least 4 members (excludes halogenated alkanes) is 2. The zero-order valence-corrected chi connectivity index (χ0v) is 9.34. The molecule has 0 aliphatic carbocycles. The first-order valence-corrected chi connectivity index (χ1v) is 5.39. The molecule has 0 amide bonds. The lowest BCUT2D eigenvalue weighted by atomic mass is 10.1. The molecular weight excluding hydrogens is 180 g/mol. The Morgan fingerprint density at radius 2 is 2.14 bits per heavy atom. The van der Waals surface area contributed by atoms with Gasteiger partial charge in [0.2, 0.25) is 0 Å². The zero-order valence-electron chi connectivity index (χ0n) is 9.34. The van der Waals surface area contributed by atoms with Crippen LogP contribution in [0.2, 0.25) is 0 Å². The van der Waals surface area contributed by atoms with Crippen molar-refractivity contribution in [1.29, 1.82) is 0 Å². The summed E-state index contributed by atoms with van der Waals surface area (Å²) >= 11 is 0. The summed E-state index contributed by atoms with van der Waals surface area (Å²) in [5.41, 5.74) is 0. The summed E-state index contributed by atoms with van der Waals surface area (Å²) in [6.07, 6.45) is 3.51. The van der Waals surface area contributed by atoms with Gasteiger partial charge in [-0.3, -0.25) is 4.79 Å². The number of ether oxygens (including phenoxy) is 2. The molecule has 0 aromatic carbocycles. The molecule has 0 N–H and O–H groups in total. The van der Waals surface area contributed by atoms with E-state index in [0.717, 1.165) is 19.3 Å². The molecule has 1 aliphatic heterocycles. The van der Waals surface area contributed by atoms with Crippen molar-refractivity contribution in [3.63, 3.8) is 0 Å². The largest absolute Gasteiger partial charge is 0.347 e. The molecule has 1 saturated heterocycles. The SMILES string of the molecule is CCCCCC(=O)C1COC(C)(C)O1. The first kappa shape index (κ1) is 11.7. The number of rotatable bonds is 5. The van der Waals surface area contributed by atoms with Gasteiger partial charge in [0, 0.05) is 6.42 Å². The maximum Gasteiger partial charge on any atom is 0.164 e. The van der Waals surface area contributed by atoms with E-state index in [0.29, 0.717) is 13.0 Å². The number of carbonyl (C=O) groups is 1. The third kappa shape index (κ3) is 3.39. The highest BCUT2D eigenvalue weighted by molar-refractivity contribution is 5.83. The van der Waals surface area contributed by atoms with Gasteiger partial charge in [-0.1, -0.05) is 19.8 Å². The van der Waals surface area contributed by atoms with E-state index >= 15 is 0 Å². The van der Waals surface area contributed by atoms with Gasteiger partial charge < -0.3 is 9.47 Å². The van der Waals surface area contributed by atoms with Gasteiger partial charge in [-0.15, -0.1) is 0 Å². The Labute approximate surface area is 85.8 Å². The van der Waals surface area contributed by atoms with Crippen molar-refractivity contribution in [1.82, 2.24) is 0 Å². The van der Waals surface area contributed by atoms with Crippen LogP contribution in [0.5, 0.6) is 0 Å². The lowest BCUT2D eigenvalue weighted by Crippen LogP contribution is -2.26. The number of carbonyl (C=O) groups excluding carboxylic acids is 1. The second kappa shape index (κ2) is 4.89. The number of hydrogen-bond donors (Lipinski definition) is 0. The van der Waals surface area contributed by atoms with Crippen molar-refractivity contribution in [2.24, 2.45) is 0 Å². The van der Waals surface area contributed by atoms with E-state index in [1.54, 1.807) is 0 Å². The molecule has 1 unspecified atom stereocenters. The van der Waals surface area contributed by atoms with Gasteiger partial charge in [-0.05, 0) is 20.3 Å². The Kier molecular flexibility index (Phi) is 4.08. The maximum absolute atomic E-state index is 11.6. The second-order valence-corrected chi connectivity index (χ2v) is 4.24. The first-order chi connectivity index (χ1) is 6.55. The van der Waals surface area contributed by atoms with Crippen LogP contribution in [0.1, 0.15) is 46.5 Å². The van der Waals surface area contributed by atoms with Crippen LogP contribution in [-0.4, -0.2) is 24.3 Å². The van der Waals surface area contributed by atoms with Crippen LogP contribution >= 0.6 is 0 Å².